The summed E-state index contributed by atoms with van der Waals surface area (Å²) < 4.78 is 32.2. The van der Waals surface area contributed by atoms with E-state index in [4.69, 9.17) is 39.5 Å². The smallest absolute Gasteiger partial charge is 0.338 e. The van der Waals surface area contributed by atoms with Gasteiger partial charge in [0.2, 0.25) is 15.9 Å². The van der Waals surface area contributed by atoms with Gasteiger partial charge in [0.25, 0.3) is 0 Å². The van der Waals surface area contributed by atoms with Gasteiger partial charge in [-0.3, -0.25) is 4.79 Å². The predicted molar refractivity (Wildman–Crippen MR) is 129 cm³/mol. The molecule has 7 nitrogen and oxygen atoms in total. The molecule has 1 amide bonds. The Morgan fingerprint density at radius 3 is 2.55 bits per heavy atom. The number of sulfonamides is 1. The van der Waals surface area contributed by atoms with Crippen molar-refractivity contribution >= 4 is 62.4 Å². The summed E-state index contributed by atoms with van der Waals surface area (Å²) in [4.78, 5) is 24.7. The summed E-state index contributed by atoms with van der Waals surface area (Å²) in [5.41, 5.74) is 1.05. The summed E-state index contributed by atoms with van der Waals surface area (Å²) in [5, 5.41) is 3.62. The van der Waals surface area contributed by atoms with Crippen molar-refractivity contribution in [1.29, 1.82) is 0 Å². The molecule has 0 unspecified atom stereocenters. The van der Waals surface area contributed by atoms with Crippen molar-refractivity contribution in [3.8, 4) is 0 Å². The maximum absolute atomic E-state index is 13.0. The first-order chi connectivity index (χ1) is 15.6. The van der Waals surface area contributed by atoms with E-state index >= 15 is 0 Å². The number of hydrogen-bond acceptors (Lipinski definition) is 5. The zero-order valence-corrected chi connectivity index (χ0v) is 20.9. The number of nitrogens with one attached hydrogen (secondary N) is 1. The molecule has 178 valence electrons. The third-order valence-electron chi connectivity index (χ3n) is 5.24. The molecule has 0 bridgehead atoms. The number of halogens is 3. The van der Waals surface area contributed by atoms with E-state index in [1.807, 2.05) is 0 Å². The van der Waals surface area contributed by atoms with Crippen molar-refractivity contribution in [2.24, 2.45) is 5.92 Å². The Balaban J connectivity index is 1.67. The Morgan fingerprint density at radius 2 is 1.88 bits per heavy atom. The second kappa shape index (κ2) is 11.1. The Kier molecular flexibility index (Phi) is 8.64. The van der Waals surface area contributed by atoms with Crippen LogP contribution in [0.2, 0.25) is 15.1 Å². The molecule has 1 heterocycles. The van der Waals surface area contributed by atoms with Gasteiger partial charge in [-0.15, -0.1) is 0 Å². The molecule has 0 saturated carbocycles. The Bertz CT molecular complexity index is 1160. The summed E-state index contributed by atoms with van der Waals surface area (Å²) in [7, 11) is -3.69. The van der Waals surface area contributed by atoms with E-state index in [9.17, 15) is 18.0 Å². The number of carbonyl (C=O) groups is 2. The molecule has 2 aromatic rings. The van der Waals surface area contributed by atoms with E-state index in [-0.39, 0.29) is 40.4 Å². The molecule has 2 aromatic carbocycles. The normalized spacial score (nSPS) is 16.9. The van der Waals surface area contributed by atoms with Gasteiger partial charge in [0.05, 0.1) is 34.6 Å². The van der Waals surface area contributed by atoms with Crippen LogP contribution >= 0.6 is 34.8 Å². The zero-order valence-electron chi connectivity index (χ0n) is 17.8. The molecular weight excluding hydrogens is 511 g/mol. The third kappa shape index (κ3) is 6.61. The number of hydrogen-bond donors (Lipinski definition) is 1. The molecule has 0 radical (unpaired) electrons. The molecule has 1 N–H and O–H groups in total. The SMILES string of the molecule is CCOC(=O)c1ccc(NC(=O)[C@@H]2CCCN(S(=O)(=O)Cc3ccc(Cl)cc3Cl)C2)c(Cl)c1. The van der Waals surface area contributed by atoms with Crippen LogP contribution < -0.4 is 5.32 Å². The number of ether oxygens (including phenoxy) is 1. The van der Waals surface area contributed by atoms with Crippen molar-refractivity contribution in [2.45, 2.75) is 25.5 Å². The van der Waals surface area contributed by atoms with E-state index in [0.717, 1.165) is 0 Å². The highest BCUT2D eigenvalue weighted by Crippen LogP contribution is 2.28. The van der Waals surface area contributed by atoms with Crippen LogP contribution in [0.4, 0.5) is 5.69 Å². The van der Waals surface area contributed by atoms with Gasteiger partial charge < -0.3 is 10.1 Å². The van der Waals surface area contributed by atoms with Gasteiger partial charge in [-0.1, -0.05) is 40.9 Å². The second-order valence-corrected chi connectivity index (χ2v) is 10.8. The quantitative estimate of drug-likeness (QED) is 0.505. The maximum atomic E-state index is 13.0. The number of anilines is 1. The van der Waals surface area contributed by atoms with Crippen LogP contribution in [-0.4, -0.2) is 44.3 Å². The van der Waals surface area contributed by atoms with Crippen LogP contribution in [-0.2, 0) is 25.3 Å². The summed E-state index contributed by atoms with van der Waals surface area (Å²) in [5.74, 6) is -1.68. The van der Waals surface area contributed by atoms with Crippen molar-refractivity contribution in [2.75, 3.05) is 25.0 Å². The minimum absolute atomic E-state index is 0.0535. The number of esters is 1. The fourth-order valence-electron chi connectivity index (χ4n) is 3.53. The van der Waals surface area contributed by atoms with Crippen LogP contribution in [0.3, 0.4) is 0 Å². The fourth-order valence-corrected chi connectivity index (χ4v) is 5.95. The summed E-state index contributed by atoms with van der Waals surface area (Å²) in [6, 6.07) is 9.11. The molecule has 33 heavy (non-hydrogen) atoms. The molecule has 1 fully saturated rings. The lowest BCUT2D eigenvalue weighted by molar-refractivity contribution is -0.120. The molecule has 1 atom stereocenters. The highest BCUT2D eigenvalue weighted by molar-refractivity contribution is 7.88. The Morgan fingerprint density at radius 1 is 1.12 bits per heavy atom. The molecular formula is C22H23Cl3N2O5S. The molecule has 1 aliphatic rings. The van der Waals surface area contributed by atoms with Crippen molar-refractivity contribution in [1.82, 2.24) is 4.31 Å². The molecule has 3 rings (SSSR count). The van der Waals surface area contributed by atoms with Gasteiger partial charge in [-0.25, -0.2) is 17.5 Å². The van der Waals surface area contributed by atoms with Crippen molar-refractivity contribution in [3.63, 3.8) is 0 Å². The number of benzene rings is 2. The average molecular weight is 534 g/mol. The molecule has 0 aromatic heterocycles. The van der Waals surface area contributed by atoms with Crippen molar-refractivity contribution < 1.29 is 22.7 Å². The van der Waals surface area contributed by atoms with Crippen LogP contribution in [0.5, 0.6) is 0 Å². The number of nitrogens with zero attached hydrogens (tertiary/aromatic N) is 1. The monoisotopic (exact) mass is 532 g/mol. The van der Waals surface area contributed by atoms with E-state index < -0.39 is 21.9 Å². The first-order valence-corrected chi connectivity index (χ1v) is 13.0. The number of carbonyl (C=O) groups excluding carboxylic acids is 2. The first kappa shape index (κ1) is 25.8. The average Bonchev–Trinajstić information content (AvgIpc) is 2.77. The van der Waals surface area contributed by atoms with Gasteiger partial charge in [-0.2, -0.15) is 0 Å². The molecule has 0 aliphatic carbocycles. The van der Waals surface area contributed by atoms with Gasteiger partial charge in [0.15, 0.2) is 0 Å². The fraction of sp³-hybridized carbons (Fsp3) is 0.364. The largest absolute Gasteiger partial charge is 0.462 e. The number of rotatable bonds is 7. The number of piperidine rings is 1. The van der Waals surface area contributed by atoms with E-state index in [0.29, 0.717) is 35.7 Å². The van der Waals surface area contributed by atoms with Crippen LogP contribution in [0.15, 0.2) is 36.4 Å². The molecule has 0 spiro atoms. The number of amides is 1. The van der Waals surface area contributed by atoms with Gasteiger partial charge in [0, 0.05) is 23.1 Å². The minimum Gasteiger partial charge on any atom is -0.462 e. The minimum atomic E-state index is -3.69. The highest BCUT2D eigenvalue weighted by Gasteiger charge is 2.33. The lowest BCUT2D eigenvalue weighted by Gasteiger charge is -2.31. The van der Waals surface area contributed by atoms with Crippen LogP contribution in [0.1, 0.15) is 35.7 Å². The highest BCUT2D eigenvalue weighted by atomic mass is 35.5. The molecule has 1 saturated heterocycles. The summed E-state index contributed by atoms with van der Waals surface area (Å²) >= 11 is 18.2. The zero-order chi connectivity index (χ0) is 24.2. The molecule has 1 aliphatic heterocycles. The Hall–Kier alpha value is -1.84. The lowest BCUT2D eigenvalue weighted by Crippen LogP contribution is -2.44. The second-order valence-electron chi connectivity index (χ2n) is 7.59. The molecule has 11 heteroatoms. The van der Waals surface area contributed by atoms with E-state index in [2.05, 4.69) is 5.32 Å². The van der Waals surface area contributed by atoms with Gasteiger partial charge >= 0.3 is 5.97 Å². The van der Waals surface area contributed by atoms with Crippen LogP contribution in [0, 0.1) is 5.92 Å². The summed E-state index contributed by atoms with van der Waals surface area (Å²) in [6.45, 7) is 2.32. The first-order valence-electron chi connectivity index (χ1n) is 10.3. The third-order valence-corrected chi connectivity index (χ3v) is 7.93. The van der Waals surface area contributed by atoms with Crippen molar-refractivity contribution in [3.05, 3.63) is 62.6 Å². The van der Waals surface area contributed by atoms with Crippen LogP contribution in [0.25, 0.3) is 0 Å². The predicted octanol–water partition coefficient (Wildman–Crippen LogP) is 5.00. The maximum Gasteiger partial charge on any atom is 0.338 e. The lowest BCUT2D eigenvalue weighted by atomic mass is 9.98. The van der Waals surface area contributed by atoms with E-state index in [1.165, 1.54) is 28.6 Å². The standard InChI is InChI=1S/C22H23Cl3N2O5S/c1-2-32-22(29)14-6-8-20(19(25)10-14)26-21(28)15-4-3-9-27(12-15)33(30,31)13-16-5-7-17(23)11-18(16)24/h5-8,10-11,15H,2-4,9,12-13H2,1H3,(H,26,28)/t15-/m1/s1. The van der Waals surface area contributed by atoms with Gasteiger partial charge in [0.1, 0.15) is 0 Å². The Labute approximate surface area is 208 Å². The van der Waals surface area contributed by atoms with E-state index in [1.54, 1.807) is 19.1 Å². The van der Waals surface area contributed by atoms with Gasteiger partial charge in [-0.05, 0) is 55.7 Å². The summed E-state index contributed by atoms with van der Waals surface area (Å²) in [6.07, 6.45) is 1.08. The topological polar surface area (TPSA) is 92.8 Å².